The molecule has 0 spiro atoms. The molecule has 0 saturated carbocycles. The van der Waals surface area contributed by atoms with Crippen molar-refractivity contribution in [2.45, 2.75) is 45.3 Å². The van der Waals surface area contributed by atoms with Crippen molar-refractivity contribution in [3.8, 4) is 5.75 Å². The van der Waals surface area contributed by atoms with Gasteiger partial charge in [-0.25, -0.2) is 4.98 Å². The first-order valence-corrected chi connectivity index (χ1v) is 11.5. The molecule has 0 radical (unpaired) electrons. The van der Waals surface area contributed by atoms with E-state index in [9.17, 15) is 9.90 Å². The van der Waals surface area contributed by atoms with Gasteiger partial charge in [0.1, 0.15) is 27.8 Å². The van der Waals surface area contributed by atoms with Gasteiger partial charge in [0.2, 0.25) is 0 Å². The maximum absolute atomic E-state index is 12.8. The third-order valence-electron chi connectivity index (χ3n) is 5.35. The lowest BCUT2D eigenvalue weighted by atomic mass is 9.96. The zero-order chi connectivity index (χ0) is 21.1. The van der Waals surface area contributed by atoms with Crippen molar-refractivity contribution in [1.82, 2.24) is 19.5 Å². The summed E-state index contributed by atoms with van der Waals surface area (Å²) < 4.78 is 9.72. The summed E-state index contributed by atoms with van der Waals surface area (Å²) in [5.74, 6) is 0.751. The number of carbonyl (C=O) groups excluding carboxylic acids is 1. The molecule has 2 aromatic heterocycles. The van der Waals surface area contributed by atoms with E-state index < -0.39 is 5.60 Å². The fourth-order valence-electron chi connectivity index (χ4n) is 3.53. The van der Waals surface area contributed by atoms with Gasteiger partial charge in [0.15, 0.2) is 0 Å². The van der Waals surface area contributed by atoms with E-state index in [2.05, 4.69) is 14.6 Å². The van der Waals surface area contributed by atoms with E-state index in [0.29, 0.717) is 54.5 Å². The summed E-state index contributed by atoms with van der Waals surface area (Å²) in [5, 5.41) is 16.0. The number of aryl methyl sites for hydroxylation is 2. The number of thiazole rings is 1. The second kappa shape index (κ2) is 8.79. The highest BCUT2D eigenvalue weighted by Crippen LogP contribution is 2.37. The summed E-state index contributed by atoms with van der Waals surface area (Å²) in [7, 11) is 0. The topological polar surface area (TPSA) is 88.4 Å². The Morgan fingerprint density at radius 2 is 2.00 bits per heavy atom. The number of para-hydroxylation sites is 1. The summed E-state index contributed by atoms with van der Waals surface area (Å²) in [6, 6.07) is 9.66. The van der Waals surface area contributed by atoms with E-state index in [4.69, 9.17) is 4.74 Å². The van der Waals surface area contributed by atoms with Crippen LogP contribution in [0.5, 0.6) is 5.75 Å². The van der Waals surface area contributed by atoms with Crippen LogP contribution in [0.3, 0.4) is 0 Å². The zero-order valence-electron chi connectivity index (χ0n) is 17.0. The first kappa shape index (κ1) is 20.9. The number of benzene rings is 1. The maximum Gasteiger partial charge on any atom is 0.267 e. The monoisotopic (exact) mass is 444 g/mol. The number of aliphatic hydroxyl groups is 1. The largest absolute Gasteiger partial charge is 0.488 e. The van der Waals surface area contributed by atoms with E-state index in [0.717, 1.165) is 27.9 Å². The smallest absolute Gasteiger partial charge is 0.267 e. The van der Waals surface area contributed by atoms with Crippen LogP contribution in [0, 0.1) is 13.8 Å². The molecule has 1 aromatic carbocycles. The Hall–Kier alpha value is -2.36. The molecular weight excluding hydrogens is 420 g/mol. The molecule has 1 saturated heterocycles. The highest BCUT2D eigenvalue weighted by molar-refractivity contribution is 7.11. The van der Waals surface area contributed by atoms with Gasteiger partial charge in [-0.15, -0.1) is 16.4 Å². The Balaban J connectivity index is 1.45. The number of aromatic nitrogens is 3. The molecule has 1 atom stereocenters. The van der Waals surface area contributed by atoms with Crippen LogP contribution in [-0.2, 0) is 12.2 Å². The highest BCUT2D eigenvalue weighted by Gasteiger charge is 2.37. The Labute approximate surface area is 183 Å². The number of likely N-dealkylation sites (tertiary alicyclic amines) is 1. The van der Waals surface area contributed by atoms with Crippen molar-refractivity contribution in [1.29, 1.82) is 0 Å². The van der Waals surface area contributed by atoms with E-state index in [1.165, 1.54) is 11.3 Å². The normalized spacial score (nSPS) is 19.5. The van der Waals surface area contributed by atoms with Crippen molar-refractivity contribution in [2.24, 2.45) is 0 Å². The van der Waals surface area contributed by atoms with Crippen LogP contribution in [0.1, 0.15) is 50.2 Å². The van der Waals surface area contributed by atoms with Gasteiger partial charge >= 0.3 is 0 Å². The van der Waals surface area contributed by atoms with Crippen LogP contribution in [0.4, 0.5) is 0 Å². The standard InChI is InChI=1S/C21H24N4O3S2/c1-14-17(13-28-16-7-4-3-5-8-16)29-20(22-14)21(27)9-6-11-25(12-10-21)19(26)18-15(2)23-24-30-18/h3-5,7-8,27H,6,9-13H2,1-2H3/t21-/m0/s1. The van der Waals surface area contributed by atoms with Gasteiger partial charge in [-0.05, 0) is 50.4 Å². The molecule has 3 aromatic rings. The number of ether oxygens (including phenoxy) is 1. The van der Waals surface area contributed by atoms with Crippen molar-refractivity contribution in [3.05, 3.63) is 56.5 Å². The molecule has 7 nitrogen and oxygen atoms in total. The van der Waals surface area contributed by atoms with Gasteiger partial charge in [0, 0.05) is 19.5 Å². The minimum absolute atomic E-state index is 0.0565. The van der Waals surface area contributed by atoms with Gasteiger partial charge in [0.05, 0.1) is 16.3 Å². The highest BCUT2D eigenvalue weighted by atomic mass is 32.1. The summed E-state index contributed by atoms with van der Waals surface area (Å²) in [6.45, 7) is 5.24. The van der Waals surface area contributed by atoms with Gasteiger partial charge in [-0.3, -0.25) is 4.79 Å². The summed E-state index contributed by atoms with van der Waals surface area (Å²) in [6.07, 6.45) is 1.74. The second-order valence-electron chi connectivity index (χ2n) is 7.49. The number of hydrogen-bond donors (Lipinski definition) is 1. The maximum atomic E-state index is 12.8. The van der Waals surface area contributed by atoms with Crippen molar-refractivity contribution >= 4 is 28.8 Å². The van der Waals surface area contributed by atoms with Crippen LogP contribution in [-0.4, -0.2) is 43.6 Å². The molecule has 30 heavy (non-hydrogen) atoms. The van der Waals surface area contributed by atoms with Crippen LogP contribution < -0.4 is 4.74 Å². The molecular formula is C21H24N4O3S2. The van der Waals surface area contributed by atoms with Crippen LogP contribution in [0.15, 0.2) is 30.3 Å². The number of carbonyl (C=O) groups is 1. The summed E-state index contributed by atoms with van der Waals surface area (Å²) >= 11 is 2.62. The predicted molar refractivity (Wildman–Crippen MR) is 116 cm³/mol. The third-order valence-corrected chi connectivity index (χ3v) is 7.49. The quantitative estimate of drug-likeness (QED) is 0.645. The average molecular weight is 445 g/mol. The third kappa shape index (κ3) is 4.38. The molecule has 1 amide bonds. The van der Waals surface area contributed by atoms with Crippen molar-refractivity contribution in [3.63, 3.8) is 0 Å². The van der Waals surface area contributed by atoms with Crippen LogP contribution in [0.2, 0.25) is 0 Å². The second-order valence-corrected chi connectivity index (χ2v) is 9.33. The van der Waals surface area contributed by atoms with E-state index in [1.54, 1.807) is 11.8 Å². The molecule has 4 rings (SSSR count). The van der Waals surface area contributed by atoms with Crippen LogP contribution >= 0.6 is 22.9 Å². The van der Waals surface area contributed by atoms with E-state index in [1.807, 2.05) is 37.3 Å². The molecule has 1 fully saturated rings. The summed E-state index contributed by atoms with van der Waals surface area (Å²) in [4.78, 5) is 20.8. The predicted octanol–water partition coefficient (Wildman–Crippen LogP) is 3.70. The molecule has 1 N–H and O–H groups in total. The van der Waals surface area contributed by atoms with Gasteiger partial charge in [-0.1, -0.05) is 22.7 Å². The average Bonchev–Trinajstić information content (AvgIpc) is 3.28. The van der Waals surface area contributed by atoms with E-state index >= 15 is 0 Å². The van der Waals surface area contributed by atoms with Crippen molar-refractivity contribution in [2.75, 3.05) is 13.1 Å². The minimum atomic E-state index is -1.03. The fraction of sp³-hybridized carbons (Fsp3) is 0.429. The lowest BCUT2D eigenvalue weighted by molar-refractivity contribution is 0.0209. The molecule has 1 aliphatic heterocycles. The number of nitrogens with zero attached hydrogens (tertiary/aromatic N) is 4. The molecule has 9 heteroatoms. The molecule has 0 bridgehead atoms. The zero-order valence-corrected chi connectivity index (χ0v) is 18.6. The molecule has 3 heterocycles. The molecule has 1 aliphatic rings. The Bertz CT molecular complexity index is 1020. The molecule has 0 unspecified atom stereocenters. The fourth-order valence-corrected chi connectivity index (χ4v) is 5.28. The first-order valence-electron chi connectivity index (χ1n) is 9.91. The summed E-state index contributed by atoms with van der Waals surface area (Å²) in [5.41, 5.74) is 0.502. The van der Waals surface area contributed by atoms with E-state index in [-0.39, 0.29) is 5.91 Å². The molecule has 158 valence electrons. The van der Waals surface area contributed by atoms with Crippen molar-refractivity contribution < 1.29 is 14.6 Å². The first-order chi connectivity index (χ1) is 14.5. The number of amides is 1. The lowest BCUT2D eigenvalue weighted by Crippen LogP contribution is -2.33. The lowest BCUT2D eigenvalue weighted by Gasteiger charge is -2.24. The minimum Gasteiger partial charge on any atom is -0.488 e. The Morgan fingerprint density at radius 1 is 1.20 bits per heavy atom. The number of rotatable bonds is 5. The SMILES string of the molecule is Cc1nc([C@]2(O)CCCN(C(=O)c3snnc3C)CC2)sc1COc1ccccc1. The van der Waals surface area contributed by atoms with Crippen LogP contribution in [0.25, 0.3) is 0 Å². The van der Waals surface area contributed by atoms with Gasteiger partial charge in [0.25, 0.3) is 5.91 Å². The van der Waals surface area contributed by atoms with Gasteiger partial charge < -0.3 is 14.7 Å². The Morgan fingerprint density at radius 3 is 2.73 bits per heavy atom. The van der Waals surface area contributed by atoms with Gasteiger partial charge in [-0.2, -0.15) is 0 Å². The number of hydrogen-bond acceptors (Lipinski definition) is 8. The Kier molecular flexibility index (Phi) is 6.12. The molecule has 0 aliphatic carbocycles.